The fourth-order valence-electron chi connectivity index (χ4n) is 5.13. The van der Waals surface area contributed by atoms with Gasteiger partial charge in [-0.1, -0.05) is 194 Å². The molecule has 0 aromatic heterocycles. The zero-order valence-electron chi connectivity index (χ0n) is 22.7. The van der Waals surface area contributed by atoms with Crippen molar-refractivity contribution in [2.45, 2.75) is 194 Å². The molecule has 0 saturated carbocycles. The topological polar surface area (TPSA) is 0 Å². The summed E-state index contributed by atoms with van der Waals surface area (Å²) in [4.78, 5) is 0. The van der Waals surface area contributed by atoms with E-state index in [0.29, 0.717) is 0 Å². The molecule has 0 N–H and O–H groups in total. The summed E-state index contributed by atoms with van der Waals surface area (Å²) in [6.07, 6.45) is 39.8. The van der Waals surface area contributed by atoms with Gasteiger partial charge in [-0.3, -0.25) is 0 Å². The van der Waals surface area contributed by atoms with Gasteiger partial charge in [0.1, 0.15) is 0 Å². The van der Waals surface area contributed by atoms with Gasteiger partial charge < -0.3 is 0 Å². The second-order valence-electron chi connectivity index (χ2n) is 10.7. The highest BCUT2D eigenvalue weighted by atomic mass is 14.1. The molecule has 0 radical (unpaired) electrons. The monoisotopic (exact) mass is 437 g/mol. The standard InChI is InChI=1S/C31H64/c1-4-7-10-13-14-15-16-17-18-19-20-21-22-24-27-30-31(28-25-12-9-6-3)29-26-23-11-8-5-2/h31H,4-30H2,1-3H3. The first-order valence-corrected chi connectivity index (χ1v) is 15.3. The number of rotatable bonds is 27. The number of hydrogen-bond donors (Lipinski definition) is 0. The summed E-state index contributed by atoms with van der Waals surface area (Å²) < 4.78 is 0. The van der Waals surface area contributed by atoms with Crippen molar-refractivity contribution in [1.82, 2.24) is 0 Å². The van der Waals surface area contributed by atoms with Crippen molar-refractivity contribution < 1.29 is 0 Å². The molecule has 0 spiro atoms. The van der Waals surface area contributed by atoms with Crippen LogP contribution in [0, 0.1) is 5.92 Å². The summed E-state index contributed by atoms with van der Waals surface area (Å²) >= 11 is 0. The molecule has 1 unspecified atom stereocenters. The largest absolute Gasteiger partial charge is 0.0654 e. The molecule has 0 bridgehead atoms. The van der Waals surface area contributed by atoms with E-state index in [1.165, 1.54) is 173 Å². The minimum absolute atomic E-state index is 1.04. The molecular formula is C31H64. The second kappa shape index (κ2) is 28.0. The lowest BCUT2D eigenvalue weighted by Gasteiger charge is -2.17. The van der Waals surface area contributed by atoms with Gasteiger partial charge in [0.2, 0.25) is 0 Å². The van der Waals surface area contributed by atoms with Crippen molar-refractivity contribution >= 4 is 0 Å². The highest BCUT2D eigenvalue weighted by molar-refractivity contribution is 4.62. The number of unbranched alkanes of at least 4 members (excludes halogenated alkanes) is 21. The van der Waals surface area contributed by atoms with Crippen LogP contribution < -0.4 is 0 Å². The second-order valence-corrected chi connectivity index (χ2v) is 10.7. The summed E-state index contributed by atoms with van der Waals surface area (Å²) in [5.41, 5.74) is 0. The maximum atomic E-state index is 2.33. The predicted molar refractivity (Wildman–Crippen MR) is 145 cm³/mol. The summed E-state index contributed by atoms with van der Waals surface area (Å²) in [5, 5.41) is 0. The quantitative estimate of drug-likeness (QED) is 0.112. The summed E-state index contributed by atoms with van der Waals surface area (Å²) in [7, 11) is 0. The van der Waals surface area contributed by atoms with Crippen LogP contribution >= 0.6 is 0 Å². The molecule has 0 heterocycles. The van der Waals surface area contributed by atoms with E-state index in [2.05, 4.69) is 20.8 Å². The van der Waals surface area contributed by atoms with E-state index in [1.807, 2.05) is 0 Å². The zero-order chi connectivity index (χ0) is 22.7. The van der Waals surface area contributed by atoms with Crippen LogP contribution in [0.25, 0.3) is 0 Å². The Morgan fingerprint density at radius 2 is 0.452 bits per heavy atom. The van der Waals surface area contributed by atoms with Crippen molar-refractivity contribution in [3.05, 3.63) is 0 Å². The molecule has 1 atom stereocenters. The molecule has 0 nitrogen and oxygen atoms in total. The average molecular weight is 437 g/mol. The SMILES string of the molecule is CCCCCCCCCCCCCCCCCC(CCCCCC)CCCCCCC. The molecule has 0 aromatic carbocycles. The van der Waals surface area contributed by atoms with Crippen LogP contribution in [0.3, 0.4) is 0 Å². The lowest BCUT2D eigenvalue weighted by atomic mass is 9.89. The molecule has 0 aromatic rings. The van der Waals surface area contributed by atoms with Crippen LogP contribution in [-0.2, 0) is 0 Å². The van der Waals surface area contributed by atoms with Crippen LogP contribution in [0.5, 0.6) is 0 Å². The van der Waals surface area contributed by atoms with Gasteiger partial charge in [0.25, 0.3) is 0 Å². The van der Waals surface area contributed by atoms with Crippen LogP contribution in [-0.4, -0.2) is 0 Å². The van der Waals surface area contributed by atoms with Crippen molar-refractivity contribution in [3.63, 3.8) is 0 Å². The van der Waals surface area contributed by atoms with Crippen LogP contribution in [0.1, 0.15) is 194 Å². The minimum Gasteiger partial charge on any atom is -0.0654 e. The van der Waals surface area contributed by atoms with Crippen molar-refractivity contribution in [3.8, 4) is 0 Å². The van der Waals surface area contributed by atoms with Crippen LogP contribution in [0.2, 0.25) is 0 Å². The third kappa shape index (κ3) is 26.1. The molecule has 0 amide bonds. The summed E-state index contributed by atoms with van der Waals surface area (Å²) in [6.45, 7) is 6.97. The van der Waals surface area contributed by atoms with Crippen molar-refractivity contribution in [2.75, 3.05) is 0 Å². The van der Waals surface area contributed by atoms with Crippen LogP contribution in [0.4, 0.5) is 0 Å². The first-order valence-electron chi connectivity index (χ1n) is 15.3. The normalized spacial score (nSPS) is 12.5. The van der Waals surface area contributed by atoms with Crippen molar-refractivity contribution in [2.24, 2.45) is 5.92 Å². The summed E-state index contributed by atoms with van der Waals surface area (Å²) in [6, 6.07) is 0. The van der Waals surface area contributed by atoms with E-state index < -0.39 is 0 Å². The molecular weight excluding hydrogens is 372 g/mol. The van der Waals surface area contributed by atoms with E-state index in [4.69, 9.17) is 0 Å². The van der Waals surface area contributed by atoms with E-state index in [9.17, 15) is 0 Å². The number of hydrogen-bond acceptors (Lipinski definition) is 0. The van der Waals surface area contributed by atoms with Crippen molar-refractivity contribution in [1.29, 1.82) is 0 Å². The Balaban J connectivity index is 3.52. The minimum atomic E-state index is 1.04. The maximum Gasteiger partial charge on any atom is -0.0414 e. The molecule has 0 fully saturated rings. The highest BCUT2D eigenvalue weighted by Crippen LogP contribution is 2.24. The predicted octanol–water partition coefficient (Wildman–Crippen LogP) is 12.2. The molecule has 0 rings (SSSR count). The molecule has 0 aliphatic carbocycles. The Kier molecular flexibility index (Phi) is 28.0. The van der Waals surface area contributed by atoms with Gasteiger partial charge in [-0.05, 0) is 5.92 Å². The van der Waals surface area contributed by atoms with Gasteiger partial charge in [0.15, 0.2) is 0 Å². The molecule has 0 aliphatic heterocycles. The van der Waals surface area contributed by atoms with E-state index in [1.54, 1.807) is 0 Å². The Bertz CT molecular complexity index is 294. The summed E-state index contributed by atoms with van der Waals surface area (Å²) in [5.74, 6) is 1.04. The first-order chi connectivity index (χ1) is 15.3. The Hall–Kier alpha value is 0. The van der Waals surface area contributed by atoms with Gasteiger partial charge >= 0.3 is 0 Å². The molecule has 31 heavy (non-hydrogen) atoms. The fourth-order valence-corrected chi connectivity index (χ4v) is 5.13. The smallest absolute Gasteiger partial charge is 0.0414 e. The van der Waals surface area contributed by atoms with Gasteiger partial charge in [-0.15, -0.1) is 0 Å². The molecule has 0 aliphatic rings. The average Bonchev–Trinajstić information content (AvgIpc) is 2.78. The molecule has 188 valence electrons. The van der Waals surface area contributed by atoms with Gasteiger partial charge in [-0.25, -0.2) is 0 Å². The Morgan fingerprint density at radius 1 is 0.258 bits per heavy atom. The lowest BCUT2D eigenvalue weighted by Crippen LogP contribution is -2.01. The lowest BCUT2D eigenvalue weighted by molar-refractivity contribution is 0.366. The van der Waals surface area contributed by atoms with Gasteiger partial charge in [0.05, 0.1) is 0 Å². The maximum absolute atomic E-state index is 2.33. The van der Waals surface area contributed by atoms with E-state index >= 15 is 0 Å². The van der Waals surface area contributed by atoms with E-state index in [-0.39, 0.29) is 0 Å². The highest BCUT2D eigenvalue weighted by Gasteiger charge is 2.08. The Morgan fingerprint density at radius 3 is 0.710 bits per heavy atom. The van der Waals surface area contributed by atoms with Gasteiger partial charge in [-0.2, -0.15) is 0 Å². The van der Waals surface area contributed by atoms with E-state index in [0.717, 1.165) is 5.92 Å². The van der Waals surface area contributed by atoms with Crippen LogP contribution in [0.15, 0.2) is 0 Å². The molecule has 0 saturated heterocycles. The first kappa shape index (κ1) is 31.0. The molecule has 0 heteroatoms. The Labute approximate surface area is 200 Å². The third-order valence-electron chi connectivity index (χ3n) is 7.40. The zero-order valence-corrected chi connectivity index (χ0v) is 22.7. The fraction of sp³-hybridized carbons (Fsp3) is 1.00. The third-order valence-corrected chi connectivity index (χ3v) is 7.40. The van der Waals surface area contributed by atoms with Gasteiger partial charge in [0, 0.05) is 0 Å².